The molecule has 0 bridgehead atoms. The zero-order valence-corrected chi connectivity index (χ0v) is 7.99. The summed E-state index contributed by atoms with van der Waals surface area (Å²) in [5.41, 5.74) is 0.773. The number of nitrogens with zero attached hydrogens (tertiary/aromatic N) is 1. The van der Waals surface area contributed by atoms with E-state index < -0.39 is 0 Å². The molecule has 0 aliphatic heterocycles. The van der Waals surface area contributed by atoms with E-state index in [0.717, 1.165) is 5.69 Å². The molecule has 0 spiro atoms. The third-order valence-electron chi connectivity index (χ3n) is 1.53. The van der Waals surface area contributed by atoms with Crippen molar-refractivity contribution in [2.24, 2.45) is 0 Å². The molecule has 13 heavy (non-hydrogen) atoms. The van der Waals surface area contributed by atoms with E-state index in [2.05, 4.69) is 4.74 Å². The van der Waals surface area contributed by atoms with Crippen molar-refractivity contribution in [2.45, 2.75) is 0 Å². The lowest BCUT2D eigenvalue weighted by Crippen LogP contribution is -2.21. The van der Waals surface area contributed by atoms with Crippen molar-refractivity contribution >= 4 is 23.4 Å². The van der Waals surface area contributed by atoms with Crippen LogP contribution in [-0.4, -0.2) is 19.6 Å². The van der Waals surface area contributed by atoms with Gasteiger partial charge in [0.15, 0.2) is 0 Å². The first-order valence-electron chi connectivity index (χ1n) is 3.79. The van der Waals surface area contributed by atoms with Crippen molar-refractivity contribution < 1.29 is 9.53 Å². The molecule has 4 heteroatoms. The fraction of sp³-hybridized carbons (Fsp3) is 0.222. The van der Waals surface area contributed by atoms with Crippen molar-refractivity contribution in [1.82, 2.24) is 0 Å². The number of methoxy groups -OCH3 is 1. The van der Waals surface area contributed by atoms with Crippen LogP contribution in [-0.2, 0) is 9.53 Å². The van der Waals surface area contributed by atoms with E-state index in [-0.39, 0.29) is 12.5 Å². The lowest BCUT2D eigenvalue weighted by molar-refractivity contribution is -0.138. The van der Waals surface area contributed by atoms with Crippen molar-refractivity contribution in [2.75, 3.05) is 18.1 Å². The summed E-state index contributed by atoms with van der Waals surface area (Å²) in [5.74, 6) is -0.362. The first-order valence-corrected chi connectivity index (χ1v) is 4.13. The molecule has 1 aromatic carbocycles. The first kappa shape index (κ1) is 9.86. The SMILES string of the molecule is COC(=O)CN(Cl)c1ccccc1. The largest absolute Gasteiger partial charge is 0.468 e. The molecule has 1 aromatic rings. The summed E-state index contributed by atoms with van der Waals surface area (Å²) in [7, 11) is 1.33. The average Bonchev–Trinajstić information content (AvgIpc) is 2.19. The Kier molecular flexibility index (Phi) is 3.58. The topological polar surface area (TPSA) is 29.5 Å². The number of anilines is 1. The Labute approximate surface area is 82.0 Å². The quantitative estimate of drug-likeness (QED) is 0.550. The zero-order valence-electron chi connectivity index (χ0n) is 7.24. The number of carbonyl (C=O) groups is 1. The Morgan fingerprint density at radius 2 is 2.08 bits per heavy atom. The molecule has 0 unspecified atom stereocenters. The number of hydrogen-bond acceptors (Lipinski definition) is 3. The van der Waals surface area contributed by atoms with E-state index in [1.165, 1.54) is 11.5 Å². The molecule has 0 aliphatic carbocycles. The smallest absolute Gasteiger partial charge is 0.326 e. The highest BCUT2D eigenvalue weighted by Crippen LogP contribution is 2.14. The van der Waals surface area contributed by atoms with Gasteiger partial charge in [0, 0.05) is 11.8 Å². The van der Waals surface area contributed by atoms with Crippen LogP contribution in [0.1, 0.15) is 0 Å². The molecular weight excluding hydrogens is 190 g/mol. The van der Waals surface area contributed by atoms with Gasteiger partial charge < -0.3 is 4.74 Å². The van der Waals surface area contributed by atoms with Crippen LogP contribution in [0.5, 0.6) is 0 Å². The second-order valence-electron chi connectivity index (χ2n) is 2.43. The highest BCUT2D eigenvalue weighted by molar-refractivity contribution is 6.26. The maximum absolute atomic E-state index is 10.8. The lowest BCUT2D eigenvalue weighted by atomic mass is 10.3. The zero-order chi connectivity index (χ0) is 9.68. The van der Waals surface area contributed by atoms with E-state index in [1.54, 1.807) is 0 Å². The number of esters is 1. The van der Waals surface area contributed by atoms with E-state index in [0.29, 0.717) is 0 Å². The average molecular weight is 200 g/mol. The minimum Gasteiger partial charge on any atom is -0.468 e. The van der Waals surface area contributed by atoms with Crippen LogP contribution in [0.25, 0.3) is 0 Å². The van der Waals surface area contributed by atoms with E-state index in [1.807, 2.05) is 30.3 Å². The first-order chi connectivity index (χ1) is 6.24. The van der Waals surface area contributed by atoms with Crippen LogP contribution in [0, 0.1) is 0 Å². The highest BCUT2D eigenvalue weighted by atomic mass is 35.5. The maximum atomic E-state index is 10.8. The van der Waals surface area contributed by atoms with Crippen molar-refractivity contribution in [3.8, 4) is 0 Å². The van der Waals surface area contributed by atoms with Crippen molar-refractivity contribution in [3.05, 3.63) is 30.3 Å². The third-order valence-corrected chi connectivity index (χ3v) is 1.85. The fourth-order valence-corrected chi connectivity index (χ4v) is 1.07. The number of rotatable bonds is 3. The van der Waals surface area contributed by atoms with Gasteiger partial charge in [-0.1, -0.05) is 18.2 Å². The Morgan fingerprint density at radius 3 is 2.62 bits per heavy atom. The molecule has 0 N–H and O–H groups in total. The minimum atomic E-state index is -0.362. The second kappa shape index (κ2) is 4.72. The summed E-state index contributed by atoms with van der Waals surface area (Å²) in [6, 6.07) is 9.21. The summed E-state index contributed by atoms with van der Waals surface area (Å²) in [6.45, 7) is 0.0437. The second-order valence-corrected chi connectivity index (χ2v) is 2.84. The van der Waals surface area contributed by atoms with Gasteiger partial charge in [0.05, 0.1) is 12.8 Å². The van der Waals surface area contributed by atoms with E-state index >= 15 is 0 Å². The third kappa shape index (κ3) is 2.95. The molecule has 0 atom stereocenters. The van der Waals surface area contributed by atoms with Gasteiger partial charge in [0.25, 0.3) is 0 Å². The van der Waals surface area contributed by atoms with Crippen LogP contribution in [0.4, 0.5) is 5.69 Å². The van der Waals surface area contributed by atoms with Gasteiger partial charge in [-0.3, -0.25) is 9.21 Å². The van der Waals surface area contributed by atoms with Crippen LogP contribution >= 0.6 is 11.8 Å². The lowest BCUT2D eigenvalue weighted by Gasteiger charge is -2.13. The summed E-state index contributed by atoms with van der Waals surface area (Å²) in [4.78, 5) is 10.8. The van der Waals surface area contributed by atoms with Crippen LogP contribution in [0.2, 0.25) is 0 Å². The summed E-state index contributed by atoms with van der Waals surface area (Å²) < 4.78 is 5.79. The normalized spacial score (nSPS) is 9.38. The number of para-hydroxylation sites is 1. The monoisotopic (exact) mass is 199 g/mol. The van der Waals surface area contributed by atoms with Crippen molar-refractivity contribution in [1.29, 1.82) is 0 Å². The Bertz CT molecular complexity index is 276. The van der Waals surface area contributed by atoms with Gasteiger partial charge in [-0.15, -0.1) is 0 Å². The molecule has 0 aliphatic rings. The summed E-state index contributed by atoms with van der Waals surface area (Å²) in [6.07, 6.45) is 0. The molecule has 0 radical (unpaired) electrons. The number of hydrogen-bond donors (Lipinski definition) is 0. The number of halogens is 1. The van der Waals surface area contributed by atoms with Gasteiger partial charge in [0.2, 0.25) is 0 Å². The van der Waals surface area contributed by atoms with Gasteiger partial charge in [-0.05, 0) is 12.1 Å². The van der Waals surface area contributed by atoms with Crippen molar-refractivity contribution in [3.63, 3.8) is 0 Å². The predicted octanol–water partition coefficient (Wildman–Crippen LogP) is 1.82. The molecule has 0 aromatic heterocycles. The molecule has 70 valence electrons. The molecule has 0 saturated carbocycles. The Hall–Kier alpha value is -1.22. The van der Waals surface area contributed by atoms with Gasteiger partial charge in [-0.25, -0.2) is 0 Å². The predicted molar refractivity (Wildman–Crippen MR) is 51.7 cm³/mol. The summed E-state index contributed by atoms with van der Waals surface area (Å²) in [5, 5.41) is 0. The van der Waals surface area contributed by atoms with E-state index in [4.69, 9.17) is 11.8 Å². The maximum Gasteiger partial charge on any atom is 0.326 e. The molecule has 0 saturated heterocycles. The molecule has 0 amide bonds. The van der Waals surface area contributed by atoms with E-state index in [9.17, 15) is 4.79 Å². The van der Waals surface area contributed by atoms with Gasteiger partial charge >= 0.3 is 5.97 Å². The van der Waals surface area contributed by atoms with Crippen LogP contribution in [0.3, 0.4) is 0 Å². The number of ether oxygens (including phenoxy) is 1. The standard InChI is InChI=1S/C9H10ClNO2/c1-13-9(12)7-11(10)8-5-3-2-4-6-8/h2-6H,7H2,1H3. The van der Waals surface area contributed by atoms with Gasteiger partial charge in [-0.2, -0.15) is 0 Å². The summed E-state index contributed by atoms with van der Waals surface area (Å²) >= 11 is 5.81. The van der Waals surface area contributed by atoms with Crippen LogP contribution in [0.15, 0.2) is 30.3 Å². The Morgan fingerprint density at radius 1 is 1.46 bits per heavy atom. The fourth-order valence-electron chi connectivity index (χ4n) is 0.859. The molecule has 1 rings (SSSR count). The molecule has 0 fully saturated rings. The Balaban J connectivity index is 2.59. The molecule has 0 heterocycles. The number of benzene rings is 1. The molecule has 3 nitrogen and oxygen atoms in total. The number of carbonyl (C=O) groups excluding carboxylic acids is 1. The highest BCUT2D eigenvalue weighted by Gasteiger charge is 2.07. The van der Waals surface area contributed by atoms with Gasteiger partial charge in [0.1, 0.15) is 6.54 Å². The van der Waals surface area contributed by atoms with Crippen LogP contribution < -0.4 is 4.42 Å². The molecular formula is C9H10ClNO2. The minimum absolute atomic E-state index is 0.0437.